The first-order valence-electron chi connectivity index (χ1n) is 9.91. The van der Waals surface area contributed by atoms with Crippen molar-refractivity contribution in [3.05, 3.63) is 83.9 Å². The third-order valence-corrected chi connectivity index (χ3v) is 6.88. The third kappa shape index (κ3) is 2.76. The van der Waals surface area contributed by atoms with Gasteiger partial charge in [-0.25, -0.2) is 0 Å². The Kier molecular flexibility index (Phi) is 4.47. The summed E-state index contributed by atoms with van der Waals surface area (Å²) in [6.07, 6.45) is 3.00. The molecular formula is C23H24N4S. The van der Waals surface area contributed by atoms with Gasteiger partial charge >= 0.3 is 0 Å². The van der Waals surface area contributed by atoms with Gasteiger partial charge in [-0.1, -0.05) is 43.0 Å². The fraction of sp³-hybridized carbons (Fsp3) is 0.304. The standard InChI is InChI=1S/C23H24N4S/c1-3-17-15-28-23-25-21(19-11-7-8-14-24-19)22(27(17)23)20-13-12-16(2)26(20)18-9-5-4-6-10-18/h4-14,17,21-22H,3,15H2,1-2H3/t17-,21-,22+/m0/s1. The van der Waals surface area contributed by atoms with Crippen molar-refractivity contribution in [2.24, 2.45) is 4.99 Å². The molecule has 1 fully saturated rings. The van der Waals surface area contributed by atoms with E-state index in [2.05, 4.69) is 82.9 Å². The molecule has 0 radical (unpaired) electrons. The second-order valence-corrected chi connectivity index (χ2v) is 8.39. The molecule has 3 aromatic rings. The molecule has 2 aromatic heterocycles. The van der Waals surface area contributed by atoms with Gasteiger partial charge in [-0.3, -0.25) is 9.98 Å². The largest absolute Gasteiger partial charge is 0.337 e. The Balaban J connectivity index is 1.66. The van der Waals surface area contributed by atoms with Gasteiger partial charge in [0.2, 0.25) is 0 Å². The second-order valence-electron chi connectivity index (χ2n) is 7.41. The van der Waals surface area contributed by atoms with Crippen molar-refractivity contribution < 1.29 is 0 Å². The van der Waals surface area contributed by atoms with Gasteiger partial charge in [0, 0.05) is 35.1 Å². The van der Waals surface area contributed by atoms with Crippen LogP contribution < -0.4 is 0 Å². The average molecular weight is 389 g/mol. The van der Waals surface area contributed by atoms with Crippen molar-refractivity contribution in [2.45, 2.75) is 38.4 Å². The van der Waals surface area contributed by atoms with Crippen LogP contribution in [0.25, 0.3) is 5.69 Å². The molecule has 5 heteroatoms. The van der Waals surface area contributed by atoms with Crippen LogP contribution in [0, 0.1) is 6.92 Å². The summed E-state index contributed by atoms with van der Waals surface area (Å²) in [4.78, 5) is 12.4. The number of nitrogens with zero attached hydrogens (tertiary/aromatic N) is 4. The lowest BCUT2D eigenvalue weighted by Gasteiger charge is -2.32. The van der Waals surface area contributed by atoms with Crippen molar-refractivity contribution in [1.82, 2.24) is 14.5 Å². The van der Waals surface area contributed by atoms with E-state index in [1.54, 1.807) is 0 Å². The summed E-state index contributed by atoms with van der Waals surface area (Å²) in [6, 6.07) is 22.0. The minimum Gasteiger partial charge on any atom is -0.337 e. The number of hydrogen-bond acceptors (Lipinski definition) is 4. The number of aliphatic imine (C=N–C) groups is 1. The van der Waals surface area contributed by atoms with Crippen LogP contribution in [0.3, 0.4) is 0 Å². The van der Waals surface area contributed by atoms with Crippen LogP contribution in [0.15, 0.2) is 71.9 Å². The van der Waals surface area contributed by atoms with Crippen LogP contribution in [0.2, 0.25) is 0 Å². The van der Waals surface area contributed by atoms with Gasteiger partial charge in [-0.05, 0) is 49.7 Å². The van der Waals surface area contributed by atoms with Gasteiger partial charge < -0.3 is 9.47 Å². The molecule has 0 bridgehead atoms. The highest BCUT2D eigenvalue weighted by molar-refractivity contribution is 8.14. The van der Waals surface area contributed by atoms with E-state index < -0.39 is 0 Å². The molecule has 0 spiro atoms. The van der Waals surface area contributed by atoms with E-state index in [0.29, 0.717) is 6.04 Å². The monoisotopic (exact) mass is 388 g/mol. The Hall–Kier alpha value is -2.53. The zero-order valence-electron chi connectivity index (χ0n) is 16.2. The van der Waals surface area contributed by atoms with Crippen LogP contribution in [0.4, 0.5) is 0 Å². The predicted molar refractivity (Wildman–Crippen MR) is 116 cm³/mol. The molecule has 5 rings (SSSR count). The Labute approximate surface area is 170 Å². The molecule has 0 N–H and O–H groups in total. The number of rotatable bonds is 4. The number of thioether (sulfide) groups is 1. The highest BCUT2D eigenvalue weighted by Gasteiger charge is 2.46. The van der Waals surface area contributed by atoms with Crippen LogP contribution >= 0.6 is 11.8 Å². The Morgan fingerprint density at radius 3 is 2.61 bits per heavy atom. The van der Waals surface area contributed by atoms with Gasteiger partial charge in [-0.2, -0.15) is 0 Å². The van der Waals surface area contributed by atoms with Gasteiger partial charge in [0.1, 0.15) is 12.1 Å². The number of para-hydroxylation sites is 1. The number of fused-ring (bicyclic) bond motifs is 1. The molecule has 2 aliphatic rings. The van der Waals surface area contributed by atoms with Crippen LogP contribution in [0.1, 0.15) is 42.5 Å². The quantitative estimate of drug-likeness (QED) is 0.619. The predicted octanol–water partition coefficient (Wildman–Crippen LogP) is 5.16. The highest BCUT2D eigenvalue weighted by Crippen LogP contribution is 2.49. The molecule has 142 valence electrons. The summed E-state index contributed by atoms with van der Waals surface area (Å²) < 4.78 is 2.38. The molecule has 0 saturated carbocycles. The molecule has 4 nitrogen and oxygen atoms in total. The average Bonchev–Trinajstić information content (AvgIpc) is 3.42. The van der Waals surface area contributed by atoms with E-state index in [-0.39, 0.29) is 12.1 Å². The van der Waals surface area contributed by atoms with Crippen LogP contribution in [-0.4, -0.2) is 31.4 Å². The fourth-order valence-corrected chi connectivity index (χ4v) is 5.73. The van der Waals surface area contributed by atoms with Crippen molar-refractivity contribution in [2.75, 3.05) is 5.75 Å². The topological polar surface area (TPSA) is 33.4 Å². The summed E-state index contributed by atoms with van der Waals surface area (Å²) in [5, 5.41) is 1.17. The summed E-state index contributed by atoms with van der Waals surface area (Å²) in [5.41, 5.74) is 4.78. The first-order chi connectivity index (χ1) is 13.8. The summed E-state index contributed by atoms with van der Waals surface area (Å²) >= 11 is 1.89. The minimum absolute atomic E-state index is 0.0230. The number of aromatic nitrogens is 2. The molecule has 28 heavy (non-hydrogen) atoms. The number of pyridine rings is 1. The number of benzene rings is 1. The Morgan fingerprint density at radius 2 is 1.86 bits per heavy atom. The molecule has 1 saturated heterocycles. The number of amidine groups is 1. The first-order valence-corrected chi connectivity index (χ1v) is 10.9. The Bertz CT molecular complexity index is 996. The maximum absolute atomic E-state index is 5.15. The molecule has 0 aliphatic carbocycles. The van der Waals surface area contributed by atoms with E-state index in [1.165, 1.54) is 22.2 Å². The normalized spacial score (nSPS) is 23.7. The van der Waals surface area contributed by atoms with Crippen molar-refractivity contribution in [1.29, 1.82) is 0 Å². The Morgan fingerprint density at radius 1 is 1.04 bits per heavy atom. The summed E-state index contributed by atoms with van der Waals surface area (Å²) in [7, 11) is 0. The van der Waals surface area contributed by atoms with Crippen molar-refractivity contribution in [3.8, 4) is 5.69 Å². The van der Waals surface area contributed by atoms with E-state index in [9.17, 15) is 0 Å². The molecule has 2 aliphatic heterocycles. The first kappa shape index (κ1) is 17.6. The van der Waals surface area contributed by atoms with E-state index >= 15 is 0 Å². The molecule has 1 aromatic carbocycles. The van der Waals surface area contributed by atoms with Crippen molar-refractivity contribution >= 4 is 16.9 Å². The second kappa shape index (κ2) is 7.13. The maximum Gasteiger partial charge on any atom is 0.160 e. The van der Waals surface area contributed by atoms with Gasteiger partial charge in [0.15, 0.2) is 5.17 Å². The SMILES string of the molecule is CC[C@H]1CSC2=N[C@@H](c3ccccn3)[C@@H](c3ccc(C)n3-c3ccccc3)N21. The van der Waals surface area contributed by atoms with Crippen LogP contribution in [-0.2, 0) is 0 Å². The molecule has 0 unspecified atom stereocenters. The smallest absolute Gasteiger partial charge is 0.160 e. The summed E-state index contributed by atoms with van der Waals surface area (Å²) in [5.74, 6) is 1.12. The van der Waals surface area contributed by atoms with E-state index in [1.807, 2.05) is 24.0 Å². The molecule has 0 amide bonds. The lowest BCUT2D eigenvalue weighted by Crippen LogP contribution is -2.36. The number of aryl methyl sites for hydroxylation is 1. The van der Waals surface area contributed by atoms with E-state index in [0.717, 1.165) is 17.9 Å². The molecule has 4 heterocycles. The highest BCUT2D eigenvalue weighted by atomic mass is 32.2. The lowest BCUT2D eigenvalue weighted by atomic mass is 9.99. The summed E-state index contributed by atoms with van der Waals surface area (Å²) in [6.45, 7) is 4.46. The van der Waals surface area contributed by atoms with Gasteiger partial charge in [0.25, 0.3) is 0 Å². The van der Waals surface area contributed by atoms with Gasteiger partial charge in [-0.15, -0.1) is 0 Å². The maximum atomic E-state index is 5.15. The fourth-order valence-electron chi connectivity index (χ4n) is 4.39. The number of hydrogen-bond donors (Lipinski definition) is 0. The third-order valence-electron chi connectivity index (χ3n) is 5.75. The molecular weight excluding hydrogens is 364 g/mol. The van der Waals surface area contributed by atoms with Crippen molar-refractivity contribution in [3.63, 3.8) is 0 Å². The minimum atomic E-state index is 0.0230. The zero-order chi connectivity index (χ0) is 19.1. The lowest BCUT2D eigenvalue weighted by molar-refractivity contribution is 0.248. The van der Waals surface area contributed by atoms with E-state index in [4.69, 9.17) is 4.99 Å². The van der Waals surface area contributed by atoms with Gasteiger partial charge in [0.05, 0.1) is 5.69 Å². The molecule has 3 atom stereocenters. The zero-order valence-corrected chi connectivity index (χ0v) is 17.0. The van der Waals surface area contributed by atoms with Crippen LogP contribution in [0.5, 0.6) is 0 Å².